The Morgan fingerprint density at radius 1 is 1.15 bits per heavy atom. The molecule has 0 bridgehead atoms. The van der Waals surface area contributed by atoms with Crippen LogP contribution < -0.4 is 0 Å². The number of fused-ring (bicyclic) bond motifs is 1. The first-order valence-electron chi connectivity index (χ1n) is 7.42. The molecular formula is C14H19N3O2S. The fourth-order valence-electron chi connectivity index (χ4n) is 3.24. The van der Waals surface area contributed by atoms with Crippen LogP contribution in [-0.4, -0.2) is 30.2 Å². The molecule has 6 heteroatoms. The van der Waals surface area contributed by atoms with E-state index in [9.17, 15) is 10.2 Å². The number of nitrogens with zero attached hydrogens (tertiary/aromatic N) is 3. The van der Waals surface area contributed by atoms with Gasteiger partial charge in [-0.25, -0.2) is 9.97 Å². The van der Waals surface area contributed by atoms with Gasteiger partial charge in [0.15, 0.2) is 5.01 Å². The van der Waals surface area contributed by atoms with Gasteiger partial charge < -0.3 is 10.2 Å². The van der Waals surface area contributed by atoms with Crippen molar-refractivity contribution in [3.8, 4) is 10.7 Å². The molecule has 2 heterocycles. The summed E-state index contributed by atoms with van der Waals surface area (Å²) in [6.07, 6.45) is 6.67. The predicted molar refractivity (Wildman–Crippen MR) is 75.7 cm³/mol. The summed E-state index contributed by atoms with van der Waals surface area (Å²) >= 11 is 1.63. The van der Waals surface area contributed by atoms with E-state index in [0.29, 0.717) is 6.04 Å². The molecule has 1 unspecified atom stereocenters. The summed E-state index contributed by atoms with van der Waals surface area (Å²) in [4.78, 5) is 8.63. The second-order valence-corrected chi connectivity index (χ2v) is 7.04. The molecule has 0 saturated heterocycles. The van der Waals surface area contributed by atoms with Gasteiger partial charge in [-0.2, -0.15) is 0 Å². The Kier molecular flexibility index (Phi) is 3.05. The molecule has 0 aromatic heterocycles. The molecule has 0 aromatic rings. The largest absolute Gasteiger partial charge is 0.393 e. The lowest BCUT2D eigenvalue weighted by atomic mass is 9.82. The van der Waals surface area contributed by atoms with Gasteiger partial charge in [-0.3, -0.25) is 3.96 Å². The van der Waals surface area contributed by atoms with Gasteiger partial charge in [-0.15, -0.1) is 0 Å². The number of imidazole rings is 1. The summed E-state index contributed by atoms with van der Waals surface area (Å²) in [7, 11) is 0. The first-order chi connectivity index (χ1) is 9.74. The Hall–Kier alpha value is -0.980. The van der Waals surface area contributed by atoms with E-state index < -0.39 is 6.10 Å². The molecule has 108 valence electrons. The highest BCUT2D eigenvalue weighted by Crippen LogP contribution is 2.47. The SMILES string of the molecule is OC1CCC(C(O)c2c3ncnc-3sn2C2CC2)CC1. The second-order valence-electron chi connectivity index (χ2n) is 6.07. The smallest absolute Gasteiger partial charge is 0.162 e. The van der Waals surface area contributed by atoms with Gasteiger partial charge in [0.2, 0.25) is 0 Å². The van der Waals surface area contributed by atoms with E-state index in [0.717, 1.165) is 42.1 Å². The summed E-state index contributed by atoms with van der Waals surface area (Å²) in [5, 5.41) is 21.4. The van der Waals surface area contributed by atoms with E-state index in [4.69, 9.17) is 0 Å². The minimum absolute atomic E-state index is 0.185. The number of hydrogen-bond acceptors (Lipinski definition) is 5. The second kappa shape index (κ2) is 4.79. The van der Waals surface area contributed by atoms with Crippen LogP contribution in [0.25, 0.3) is 10.7 Å². The number of hydrogen-bond donors (Lipinski definition) is 2. The Balaban J connectivity index is 1.66. The van der Waals surface area contributed by atoms with Crippen LogP contribution in [0.5, 0.6) is 0 Å². The van der Waals surface area contributed by atoms with E-state index in [1.807, 2.05) is 0 Å². The Labute approximate surface area is 121 Å². The fraction of sp³-hybridized carbons (Fsp3) is 0.714. The third-order valence-corrected chi connectivity index (χ3v) is 5.74. The van der Waals surface area contributed by atoms with Crippen molar-refractivity contribution in [2.75, 3.05) is 0 Å². The third-order valence-electron chi connectivity index (χ3n) is 4.58. The van der Waals surface area contributed by atoms with Crippen LogP contribution in [0.2, 0.25) is 0 Å². The zero-order valence-electron chi connectivity index (χ0n) is 11.3. The van der Waals surface area contributed by atoms with E-state index in [2.05, 4.69) is 13.9 Å². The number of aliphatic hydroxyl groups is 2. The van der Waals surface area contributed by atoms with Gasteiger partial charge in [-0.1, -0.05) is 0 Å². The first kappa shape index (κ1) is 12.7. The van der Waals surface area contributed by atoms with Crippen molar-refractivity contribution in [2.45, 2.75) is 56.8 Å². The molecule has 5 nitrogen and oxygen atoms in total. The number of aromatic nitrogens is 3. The average Bonchev–Trinajstić information content (AvgIpc) is 3.08. The summed E-state index contributed by atoms with van der Waals surface area (Å²) in [6.45, 7) is 0. The van der Waals surface area contributed by atoms with E-state index in [1.165, 1.54) is 12.8 Å². The number of rotatable bonds is 3. The van der Waals surface area contributed by atoms with Crippen LogP contribution in [0.3, 0.4) is 0 Å². The van der Waals surface area contributed by atoms with Crippen molar-refractivity contribution in [1.29, 1.82) is 0 Å². The molecule has 0 aromatic carbocycles. The van der Waals surface area contributed by atoms with Crippen LogP contribution in [0.4, 0.5) is 0 Å². The molecular weight excluding hydrogens is 274 g/mol. The molecule has 2 N–H and O–H groups in total. The quantitative estimate of drug-likeness (QED) is 0.911. The average molecular weight is 293 g/mol. The maximum atomic E-state index is 10.8. The van der Waals surface area contributed by atoms with Gasteiger partial charge in [-0.05, 0) is 56.0 Å². The summed E-state index contributed by atoms with van der Waals surface area (Å²) in [5.74, 6) is 0.234. The highest BCUT2D eigenvalue weighted by Gasteiger charge is 2.37. The normalized spacial score (nSPS) is 28.9. The lowest BCUT2D eigenvalue weighted by Crippen LogP contribution is -2.24. The Morgan fingerprint density at radius 2 is 1.90 bits per heavy atom. The summed E-state index contributed by atoms with van der Waals surface area (Å²) in [6, 6.07) is 0.537. The van der Waals surface area contributed by atoms with Gasteiger partial charge in [0, 0.05) is 6.04 Å². The predicted octanol–water partition coefficient (Wildman–Crippen LogP) is 2.36. The van der Waals surface area contributed by atoms with Crippen LogP contribution in [0.15, 0.2) is 6.33 Å². The van der Waals surface area contributed by atoms with Crippen molar-refractivity contribution in [2.24, 2.45) is 5.92 Å². The maximum absolute atomic E-state index is 10.8. The molecule has 1 atom stereocenters. The van der Waals surface area contributed by atoms with Crippen molar-refractivity contribution in [3.63, 3.8) is 0 Å². The molecule has 0 radical (unpaired) electrons. The monoisotopic (exact) mass is 293 g/mol. The molecule has 2 aliphatic heterocycles. The summed E-state index contributed by atoms with van der Waals surface area (Å²) in [5.41, 5.74) is 1.84. The Bertz CT molecular complexity index is 569. The zero-order valence-corrected chi connectivity index (χ0v) is 12.1. The van der Waals surface area contributed by atoms with Crippen molar-refractivity contribution in [3.05, 3.63) is 12.0 Å². The van der Waals surface area contributed by atoms with Crippen LogP contribution in [0.1, 0.15) is 56.4 Å². The highest BCUT2D eigenvalue weighted by atomic mass is 32.1. The summed E-state index contributed by atoms with van der Waals surface area (Å²) < 4.78 is 2.24. The van der Waals surface area contributed by atoms with Crippen molar-refractivity contribution >= 4 is 11.5 Å². The van der Waals surface area contributed by atoms with Gasteiger partial charge in [0.25, 0.3) is 0 Å². The topological polar surface area (TPSA) is 71.2 Å². The first-order valence-corrected chi connectivity index (χ1v) is 8.19. The van der Waals surface area contributed by atoms with Gasteiger partial charge in [0.1, 0.15) is 12.0 Å². The van der Waals surface area contributed by atoms with E-state index >= 15 is 0 Å². The lowest BCUT2D eigenvalue weighted by molar-refractivity contribution is 0.0381. The highest BCUT2D eigenvalue weighted by molar-refractivity contribution is 7.10. The lowest BCUT2D eigenvalue weighted by Gasteiger charge is -2.29. The molecule has 2 aliphatic carbocycles. The molecule has 20 heavy (non-hydrogen) atoms. The fourth-order valence-corrected chi connectivity index (χ4v) is 4.41. The minimum atomic E-state index is -0.478. The molecule has 0 amide bonds. The van der Waals surface area contributed by atoms with E-state index in [1.54, 1.807) is 17.9 Å². The van der Waals surface area contributed by atoms with Gasteiger partial charge in [0.05, 0.1) is 17.9 Å². The molecule has 2 fully saturated rings. The number of aliphatic hydroxyl groups excluding tert-OH is 2. The van der Waals surface area contributed by atoms with Crippen molar-refractivity contribution < 1.29 is 10.2 Å². The van der Waals surface area contributed by atoms with Gasteiger partial charge >= 0.3 is 0 Å². The standard InChI is InChI=1S/C14H19N3O2S/c18-10-5-1-8(2-6-10)13(19)12-11-14(16-7-15-11)20-17(12)9-3-4-9/h7-10,13,18-19H,1-6H2. The van der Waals surface area contributed by atoms with Crippen LogP contribution in [0, 0.1) is 5.92 Å². The molecule has 0 spiro atoms. The Morgan fingerprint density at radius 3 is 2.60 bits per heavy atom. The van der Waals surface area contributed by atoms with Crippen molar-refractivity contribution in [1.82, 2.24) is 13.9 Å². The molecule has 4 rings (SSSR count). The van der Waals surface area contributed by atoms with Crippen LogP contribution >= 0.6 is 11.5 Å². The van der Waals surface area contributed by atoms with Crippen LogP contribution in [-0.2, 0) is 0 Å². The van der Waals surface area contributed by atoms with E-state index in [-0.39, 0.29) is 12.0 Å². The minimum Gasteiger partial charge on any atom is -0.393 e. The third kappa shape index (κ3) is 2.06. The molecule has 4 aliphatic rings. The maximum Gasteiger partial charge on any atom is 0.162 e. The molecule has 2 saturated carbocycles. The zero-order chi connectivity index (χ0) is 13.7.